The first kappa shape index (κ1) is 13.7. The van der Waals surface area contributed by atoms with Gasteiger partial charge in [-0.2, -0.15) is 5.26 Å². The van der Waals surface area contributed by atoms with Crippen LogP contribution >= 0.6 is 0 Å². The van der Waals surface area contributed by atoms with Gasteiger partial charge in [0.1, 0.15) is 0 Å². The van der Waals surface area contributed by atoms with Crippen molar-refractivity contribution in [1.29, 1.82) is 5.26 Å². The summed E-state index contributed by atoms with van der Waals surface area (Å²) >= 11 is 0. The Morgan fingerprint density at radius 3 is 2.22 bits per heavy atom. The molecule has 6 nitrogen and oxygen atoms in total. The minimum atomic E-state index is -0.550. The number of amides is 2. The lowest BCUT2D eigenvalue weighted by atomic mass is 10.1. The SMILES string of the molecule is N#Cc1ccccc1CN(CC(N)=O)CC(N)=O. The van der Waals surface area contributed by atoms with Gasteiger partial charge in [0.2, 0.25) is 11.8 Å². The van der Waals surface area contributed by atoms with Crippen molar-refractivity contribution in [2.24, 2.45) is 11.5 Å². The van der Waals surface area contributed by atoms with Gasteiger partial charge in [-0.15, -0.1) is 0 Å². The molecule has 0 saturated carbocycles. The molecule has 0 fully saturated rings. The van der Waals surface area contributed by atoms with E-state index in [0.29, 0.717) is 5.56 Å². The second-order valence-corrected chi connectivity index (χ2v) is 3.85. The molecule has 0 bridgehead atoms. The number of nitrogens with zero attached hydrogens (tertiary/aromatic N) is 2. The topological polar surface area (TPSA) is 113 Å². The van der Waals surface area contributed by atoms with E-state index in [0.717, 1.165) is 5.56 Å². The predicted molar refractivity (Wildman–Crippen MR) is 64.8 cm³/mol. The van der Waals surface area contributed by atoms with Gasteiger partial charge in [0.25, 0.3) is 0 Å². The van der Waals surface area contributed by atoms with Crippen molar-refractivity contribution in [3.8, 4) is 6.07 Å². The molecular formula is C12H14N4O2. The monoisotopic (exact) mass is 246 g/mol. The fraction of sp³-hybridized carbons (Fsp3) is 0.250. The maximum atomic E-state index is 10.9. The van der Waals surface area contributed by atoms with E-state index in [-0.39, 0.29) is 19.6 Å². The van der Waals surface area contributed by atoms with E-state index < -0.39 is 11.8 Å². The van der Waals surface area contributed by atoms with Gasteiger partial charge < -0.3 is 11.5 Å². The highest BCUT2D eigenvalue weighted by Crippen LogP contribution is 2.10. The normalized spacial score (nSPS) is 10.0. The van der Waals surface area contributed by atoms with Crippen molar-refractivity contribution in [2.75, 3.05) is 13.1 Å². The summed E-state index contributed by atoms with van der Waals surface area (Å²) in [5.41, 5.74) is 11.4. The van der Waals surface area contributed by atoms with E-state index in [2.05, 4.69) is 0 Å². The van der Waals surface area contributed by atoms with E-state index in [4.69, 9.17) is 16.7 Å². The molecule has 2 amide bonds. The Morgan fingerprint density at radius 1 is 1.17 bits per heavy atom. The van der Waals surface area contributed by atoms with Gasteiger partial charge in [-0.25, -0.2) is 0 Å². The van der Waals surface area contributed by atoms with Crippen LogP contribution in [0.4, 0.5) is 0 Å². The molecular weight excluding hydrogens is 232 g/mol. The van der Waals surface area contributed by atoms with E-state index >= 15 is 0 Å². The number of rotatable bonds is 6. The Balaban J connectivity index is 2.85. The number of hydrogen-bond donors (Lipinski definition) is 2. The van der Waals surface area contributed by atoms with Gasteiger partial charge >= 0.3 is 0 Å². The molecule has 6 heteroatoms. The highest BCUT2D eigenvalue weighted by Gasteiger charge is 2.13. The summed E-state index contributed by atoms with van der Waals surface area (Å²) in [6, 6.07) is 9.00. The second kappa shape index (κ2) is 6.37. The number of carbonyl (C=O) groups is 2. The lowest BCUT2D eigenvalue weighted by Gasteiger charge is -2.19. The molecule has 0 heterocycles. The van der Waals surface area contributed by atoms with Crippen LogP contribution in [-0.4, -0.2) is 29.8 Å². The third-order valence-corrected chi connectivity index (χ3v) is 2.29. The number of nitriles is 1. The standard InChI is InChI=1S/C12H14N4O2/c13-5-9-3-1-2-4-10(9)6-16(7-11(14)17)8-12(15)18/h1-4H,6-8H2,(H2,14,17)(H2,15,18). The summed E-state index contributed by atoms with van der Waals surface area (Å²) in [6.07, 6.45) is 0. The number of carbonyl (C=O) groups excluding carboxylic acids is 2. The van der Waals surface area contributed by atoms with Crippen molar-refractivity contribution in [3.05, 3.63) is 35.4 Å². The summed E-state index contributed by atoms with van der Waals surface area (Å²) in [5.74, 6) is -1.10. The Bertz CT molecular complexity index is 477. The molecule has 0 atom stereocenters. The van der Waals surface area contributed by atoms with Crippen molar-refractivity contribution in [3.63, 3.8) is 0 Å². The molecule has 0 unspecified atom stereocenters. The van der Waals surface area contributed by atoms with Crippen LogP contribution in [0.1, 0.15) is 11.1 Å². The van der Waals surface area contributed by atoms with Crippen LogP contribution in [0.15, 0.2) is 24.3 Å². The quantitative estimate of drug-likeness (QED) is 0.693. The molecule has 94 valence electrons. The highest BCUT2D eigenvalue weighted by atomic mass is 16.2. The summed E-state index contributed by atoms with van der Waals surface area (Å²) < 4.78 is 0. The molecule has 0 saturated heterocycles. The number of benzene rings is 1. The van der Waals surface area contributed by atoms with E-state index in [1.165, 1.54) is 4.90 Å². The van der Waals surface area contributed by atoms with E-state index in [1.54, 1.807) is 24.3 Å². The lowest BCUT2D eigenvalue weighted by molar-refractivity contribution is -0.122. The molecule has 0 aromatic heterocycles. The number of primary amides is 2. The summed E-state index contributed by atoms with van der Waals surface area (Å²) in [5, 5.41) is 8.94. The van der Waals surface area contributed by atoms with Crippen molar-refractivity contribution in [2.45, 2.75) is 6.54 Å². The average molecular weight is 246 g/mol. The molecule has 0 radical (unpaired) electrons. The second-order valence-electron chi connectivity index (χ2n) is 3.85. The fourth-order valence-corrected chi connectivity index (χ4v) is 1.62. The van der Waals surface area contributed by atoms with Gasteiger partial charge in [-0.05, 0) is 11.6 Å². The van der Waals surface area contributed by atoms with Crippen LogP contribution in [0.2, 0.25) is 0 Å². The van der Waals surface area contributed by atoms with E-state index in [1.807, 2.05) is 6.07 Å². The largest absolute Gasteiger partial charge is 0.369 e. The zero-order valence-corrected chi connectivity index (χ0v) is 9.80. The highest BCUT2D eigenvalue weighted by molar-refractivity contribution is 5.79. The number of nitrogens with two attached hydrogens (primary N) is 2. The Hall–Kier alpha value is -2.39. The predicted octanol–water partition coefficient (Wildman–Crippen LogP) is -0.669. The van der Waals surface area contributed by atoms with Crippen molar-refractivity contribution in [1.82, 2.24) is 4.90 Å². The van der Waals surface area contributed by atoms with Crippen LogP contribution in [-0.2, 0) is 16.1 Å². The third kappa shape index (κ3) is 4.23. The molecule has 0 aliphatic carbocycles. The average Bonchev–Trinajstić information content (AvgIpc) is 2.27. The van der Waals surface area contributed by atoms with Crippen LogP contribution in [0, 0.1) is 11.3 Å². The molecule has 0 aliphatic rings. The van der Waals surface area contributed by atoms with E-state index in [9.17, 15) is 9.59 Å². The molecule has 18 heavy (non-hydrogen) atoms. The minimum absolute atomic E-state index is 0.0807. The first-order chi connectivity index (χ1) is 8.52. The van der Waals surface area contributed by atoms with Gasteiger partial charge in [-0.3, -0.25) is 14.5 Å². The molecule has 0 spiro atoms. The summed E-state index contributed by atoms with van der Waals surface area (Å²) in [6.45, 7) is 0.112. The smallest absolute Gasteiger partial charge is 0.231 e. The zero-order chi connectivity index (χ0) is 13.5. The van der Waals surface area contributed by atoms with Gasteiger partial charge in [0.15, 0.2) is 0 Å². The maximum Gasteiger partial charge on any atom is 0.231 e. The third-order valence-electron chi connectivity index (χ3n) is 2.29. The molecule has 1 aromatic carbocycles. The van der Waals surface area contributed by atoms with Crippen molar-refractivity contribution < 1.29 is 9.59 Å². The first-order valence-corrected chi connectivity index (χ1v) is 5.30. The molecule has 0 aliphatic heterocycles. The fourth-order valence-electron chi connectivity index (χ4n) is 1.62. The Labute approximate surface area is 105 Å². The zero-order valence-electron chi connectivity index (χ0n) is 9.80. The van der Waals surface area contributed by atoms with Crippen LogP contribution in [0.25, 0.3) is 0 Å². The van der Waals surface area contributed by atoms with Crippen molar-refractivity contribution >= 4 is 11.8 Å². The maximum absolute atomic E-state index is 10.9. The van der Waals surface area contributed by atoms with Crippen LogP contribution in [0.3, 0.4) is 0 Å². The first-order valence-electron chi connectivity index (χ1n) is 5.30. The lowest BCUT2D eigenvalue weighted by Crippen LogP contribution is -2.39. The molecule has 1 rings (SSSR count). The van der Waals surface area contributed by atoms with Gasteiger partial charge in [0.05, 0.1) is 24.7 Å². The summed E-state index contributed by atoms with van der Waals surface area (Å²) in [7, 11) is 0. The molecule has 1 aromatic rings. The minimum Gasteiger partial charge on any atom is -0.369 e. The molecule has 4 N–H and O–H groups in total. The number of hydrogen-bond acceptors (Lipinski definition) is 4. The summed E-state index contributed by atoms with van der Waals surface area (Å²) in [4.78, 5) is 23.3. The Kier molecular flexibility index (Phi) is 4.84. The van der Waals surface area contributed by atoms with Crippen LogP contribution < -0.4 is 11.5 Å². The van der Waals surface area contributed by atoms with Gasteiger partial charge in [-0.1, -0.05) is 18.2 Å². The van der Waals surface area contributed by atoms with Crippen LogP contribution in [0.5, 0.6) is 0 Å². The Morgan fingerprint density at radius 2 is 1.72 bits per heavy atom. The van der Waals surface area contributed by atoms with Gasteiger partial charge in [0, 0.05) is 6.54 Å².